The molecule has 1 aromatic heterocycles. The van der Waals surface area contributed by atoms with Gasteiger partial charge in [0, 0.05) is 19.9 Å². The fourth-order valence-corrected chi connectivity index (χ4v) is 5.10. The van der Waals surface area contributed by atoms with E-state index >= 15 is 0 Å². The molecule has 0 radical (unpaired) electrons. The molecule has 1 aromatic rings. The molecule has 2 unspecified atom stereocenters. The molecule has 5 heteroatoms. The largest absolute Gasteiger partial charge is 0.375 e. The monoisotopic (exact) mass is 309 g/mol. The Hall–Kier alpha value is -0.520. The zero-order valence-electron chi connectivity index (χ0n) is 13.2. The minimum atomic E-state index is 0.153. The van der Waals surface area contributed by atoms with Crippen LogP contribution in [0.4, 0.5) is 0 Å². The first-order chi connectivity index (χ1) is 10.2. The lowest BCUT2D eigenvalue weighted by Gasteiger charge is -2.45. The lowest BCUT2D eigenvalue weighted by atomic mass is 9.78. The van der Waals surface area contributed by atoms with Crippen LogP contribution in [0.5, 0.6) is 0 Å². The van der Waals surface area contributed by atoms with Gasteiger partial charge in [-0.25, -0.2) is 0 Å². The summed E-state index contributed by atoms with van der Waals surface area (Å²) in [5.74, 6) is 3.16. The number of thioether (sulfide) groups is 1. The van der Waals surface area contributed by atoms with Crippen molar-refractivity contribution in [2.45, 2.75) is 44.2 Å². The van der Waals surface area contributed by atoms with Gasteiger partial charge in [-0.3, -0.25) is 4.68 Å². The van der Waals surface area contributed by atoms with Crippen molar-refractivity contribution >= 4 is 11.8 Å². The van der Waals surface area contributed by atoms with Crippen molar-refractivity contribution in [3.8, 4) is 0 Å². The summed E-state index contributed by atoms with van der Waals surface area (Å²) >= 11 is 2.07. The van der Waals surface area contributed by atoms with Crippen LogP contribution in [0.15, 0.2) is 12.3 Å². The molecule has 0 aliphatic carbocycles. The summed E-state index contributed by atoms with van der Waals surface area (Å²) in [5.41, 5.74) is 1.46. The van der Waals surface area contributed by atoms with Crippen molar-refractivity contribution in [1.29, 1.82) is 0 Å². The molecule has 118 valence electrons. The van der Waals surface area contributed by atoms with Crippen LogP contribution < -0.4 is 5.32 Å². The predicted octanol–water partition coefficient (Wildman–Crippen LogP) is 2.76. The third-order valence-corrected chi connectivity index (χ3v) is 5.99. The summed E-state index contributed by atoms with van der Waals surface area (Å²) < 4.78 is 8.27. The summed E-state index contributed by atoms with van der Waals surface area (Å²) in [6, 6.07) is 2.56. The topological polar surface area (TPSA) is 39.1 Å². The van der Waals surface area contributed by atoms with Gasteiger partial charge in [-0.1, -0.05) is 6.92 Å². The van der Waals surface area contributed by atoms with E-state index in [0.717, 1.165) is 19.6 Å². The Morgan fingerprint density at radius 1 is 1.52 bits per heavy atom. The molecule has 0 bridgehead atoms. The average molecular weight is 309 g/mol. The van der Waals surface area contributed by atoms with Crippen molar-refractivity contribution in [2.24, 2.45) is 13.0 Å². The lowest BCUT2D eigenvalue weighted by Crippen LogP contribution is -2.46. The van der Waals surface area contributed by atoms with Crippen molar-refractivity contribution in [3.05, 3.63) is 18.0 Å². The van der Waals surface area contributed by atoms with E-state index in [2.05, 4.69) is 35.2 Å². The summed E-state index contributed by atoms with van der Waals surface area (Å²) in [6.07, 6.45) is 6.69. The van der Waals surface area contributed by atoms with E-state index in [1.54, 1.807) is 0 Å². The van der Waals surface area contributed by atoms with E-state index in [4.69, 9.17) is 4.74 Å². The van der Waals surface area contributed by atoms with Crippen LogP contribution in [-0.2, 0) is 11.8 Å². The standard InChI is InChI=1S/C16H27N3OS/c1-3-17-15(14-4-8-18-19(14)2)13-5-9-20-16(12-13)6-10-21-11-7-16/h4,8,13,15,17H,3,5-7,9-12H2,1-2H3. The van der Waals surface area contributed by atoms with E-state index in [1.807, 2.05) is 17.9 Å². The van der Waals surface area contributed by atoms with Crippen LogP contribution in [0.3, 0.4) is 0 Å². The highest BCUT2D eigenvalue weighted by atomic mass is 32.2. The molecule has 2 atom stereocenters. The first-order valence-corrected chi connectivity index (χ1v) is 9.32. The van der Waals surface area contributed by atoms with Gasteiger partial charge in [0.25, 0.3) is 0 Å². The first-order valence-electron chi connectivity index (χ1n) is 8.17. The minimum Gasteiger partial charge on any atom is -0.375 e. The maximum atomic E-state index is 6.25. The highest BCUT2D eigenvalue weighted by Crippen LogP contribution is 2.43. The highest BCUT2D eigenvalue weighted by Gasteiger charge is 2.41. The van der Waals surface area contributed by atoms with Crippen molar-refractivity contribution < 1.29 is 4.74 Å². The SMILES string of the molecule is CCNC(c1ccnn1C)C1CCOC2(CCSCC2)C1. The Morgan fingerprint density at radius 3 is 3.00 bits per heavy atom. The molecule has 0 saturated carbocycles. The van der Waals surface area contributed by atoms with E-state index in [1.165, 1.54) is 36.5 Å². The van der Waals surface area contributed by atoms with E-state index in [0.29, 0.717) is 12.0 Å². The molecular formula is C16H27N3OS. The number of rotatable bonds is 4. The molecule has 21 heavy (non-hydrogen) atoms. The molecule has 2 aliphatic heterocycles. The van der Waals surface area contributed by atoms with Crippen LogP contribution in [0.25, 0.3) is 0 Å². The van der Waals surface area contributed by atoms with Gasteiger partial charge in [0.1, 0.15) is 0 Å². The van der Waals surface area contributed by atoms with Gasteiger partial charge in [-0.2, -0.15) is 16.9 Å². The number of aromatic nitrogens is 2. The Bertz CT molecular complexity index is 451. The van der Waals surface area contributed by atoms with Gasteiger partial charge in [0.05, 0.1) is 17.3 Å². The van der Waals surface area contributed by atoms with Gasteiger partial charge in [-0.15, -0.1) is 0 Å². The molecule has 3 rings (SSSR count). The number of nitrogens with one attached hydrogen (secondary N) is 1. The molecule has 1 spiro atoms. The fourth-order valence-electron chi connectivity index (χ4n) is 3.86. The van der Waals surface area contributed by atoms with E-state index < -0.39 is 0 Å². The summed E-state index contributed by atoms with van der Waals surface area (Å²) in [5, 5.41) is 8.06. The number of nitrogens with zero attached hydrogens (tertiary/aromatic N) is 2. The van der Waals surface area contributed by atoms with Gasteiger partial charge >= 0.3 is 0 Å². The zero-order valence-corrected chi connectivity index (χ0v) is 14.0. The van der Waals surface area contributed by atoms with Gasteiger partial charge in [-0.05, 0) is 55.7 Å². The minimum absolute atomic E-state index is 0.153. The smallest absolute Gasteiger partial charge is 0.0701 e. The van der Waals surface area contributed by atoms with Crippen LogP contribution in [0, 0.1) is 5.92 Å². The Morgan fingerprint density at radius 2 is 2.33 bits per heavy atom. The summed E-state index contributed by atoms with van der Waals surface area (Å²) in [7, 11) is 2.05. The Labute approximate surface area is 132 Å². The second-order valence-electron chi connectivity index (χ2n) is 6.31. The van der Waals surface area contributed by atoms with Gasteiger partial charge in [0.15, 0.2) is 0 Å². The number of aryl methyl sites for hydroxylation is 1. The summed E-state index contributed by atoms with van der Waals surface area (Å²) in [4.78, 5) is 0. The molecule has 2 saturated heterocycles. The van der Waals surface area contributed by atoms with E-state index in [-0.39, 0.29) is 5.60 Å². The normalized spacial score (nSPS) is 26.9. The molecule has 2 aliphatic rings. The molecule has 0 amide bonds. The predicted molar refractivity (Wildman–Crippen MR) is 87.6 cm³/mol. The maximum Gasteiger partial charge on any atom is 0.0701 e. The summed E-state index contributed by atoms with van der Waals surface area (Å²) in [6.45, 7) is 4.10. The first kappa shape index (κ1) is 15.4. The molecule has 2 fully saturated rings. The van der Waals surface area contributed by atoms with Crippen LogP contribution >= 0.6 is 11.8 Å². The fraction of sp³-hybridized carbons (Fsp3) is 0.812. The average Bonchev–Trinajstić information content (AvgIpc) is 2.91. The van der Waals surface area contributed by atoms with Crippen molar-refractivity contribution in [3.63, 3.8) is 0 Å². The Kier molecular flexibility index (Phi) is 4.92. The van der Waals surface area contributed by atoms with Gasteiger partial charge in [0.2, 0.25) is 0 Å². The molecule has 1 N–H and O–H groups in total. The quantitative estimate of drug-likeness (QED) is 0.928. The second kappa shape index (κ2) is 6.71. The third-order valence-electron chi connectivity index (χ3n) is 5.01. The van der Waals surface area contributed by atoms with Crippen LogP contribution in [0.2, 0.25) is 0 Å². The zero-order chi connectivity index (χ0) is 14.7. The van der Waals surface area contributed by atoms with Gasteiger partial charge < -0.3 is 10.1 Å². The van der Waals surface area contributed by atoms with Crippen LogP contribution in [0.1, 0.15) is 44.3 Å². The second-order valence-corrected chi connectivity index (χ2v) is 7.54. The molecule has 4 nitrogen and oxygen atoms in total. The Balaban J connectivity index is 1.77. The number of ether oxygens (including phenoxy) is 1. The number of hydrogen-bond acceptors (Lipinski definition) is 4. The molecule has 3 heterocycles. The molecular weight excluding hydrogens is 282 g/mol. The third kappa shape index (κ3) is 3.30. The highest BCUT2D eigenvalue weighted by molar-refractivity contribution is 7.99. The lowest BCUT2D eigenvalue weighted by molar-refractivity contribution is -0.107. The molecule has 0 aromatic carbocycles. The van der Waals surface area contributed by atoms with Crippen LogP contribution in [-0.4, -0.2) is 40.0 Å². The maximum absolute atomic E-state index is 6.25. The van der Waals surface area contributed by atoms with E-state index in [9.17, 15) is 0 Å². The van der Waals surface area contributed by atoms with Crippen molar-refractivity contribution in [1.82, 2.24) is 15.1 Å². The van der Waals surface area contributed by atoms with Crippen molar-refractivity contribution in [2.75, 3.05) is 24.7 Å². The number of hydrogen-bond donors (Lipinski definition) is 1.